The number of carbonyl (C=O) groups excluding carboxylic acids is 1. The molecule has 10 heteroatoms. The third kappa shape index (κ3) is 5.00. The van der Waals surface area contributed by atoms with E-state index in [1.165, 1.54) is 14.1 Å². The second kappa shape index (κ2) is 9.05. The molecule has 0 fully saturated rings. The molecular formula is C18H26N6O3S. The summed E-state index contributed by atoms with van der Waals surface area (Å²) >= 11 is 0.961. The molecule has 2 rings (SSSR count). The minimum atomic E-state index is -0.526. The molecule has 0 bridgehead atoms. The Morgan fingerprint density at radius 1 is 1.32 bits per heavy atom. The molecule has 0 unspecified atom stereocenters. The smallest absolute Gasteiger partial charge is 0.346 e. The average molecular weight is 407 g/mol. The Bertz CT molecular complexity index is 1020. The third-order valence-electron chi connectivity index (χ3n) is 4.19. The summed E-state index contributed by atoms with van der Waals surface area (Å²) in [5.41, 5.74) is 4.59. The third-order valence-corrected chi connectivity index (χ3v) is 5.12. The first kappa shape index (κ1) is 21.7. The first-order valence-electron chi connectivity index (χ1n) is 8.87. The highest BCUT2D eigenvalue weighted by Gasteiger charge is 2.12. The quantitative estimate of drug-likeness (QED) is 0.416. The lowest BCUT2D eigenvalue weighted by Crippen LogP contribution is -2.39. The molecule has 28 heavy (non-hydrogen) atoms. The second-order valence-electron chi connectivity index (χ2n) is 6.99. The van der Waals surface area contributed by atoms with Gasteiger partial charge in [-0.15, -0.1) is 0 Å². The van der Waals surface area contributed by atoms with E-state index in [0.717, 1.165) is 44.5 Å². The van der Waals surface area contributed by atoms with Crippen LogP contribution in [0.5, 0.6) is 0 Å². The molecule has 2 aromatic heterocycles. The minimum Gasteiger partial charge on any atom is -0.348 e. The maximum absolute atomic E-state index is 12.0. The van der Waals surface area contributed by atoms with E-state index in [1.807, 2.05) is 19.9 Å². The van der Waals surface area contributed by atoms with Gasteiger partial charge in [0.25, 0.3) is 5.56 Å². The molecule has 0 spiro atoms. The molecule has 2 heterocycles. The lowest BCUT2D eigenvalue weighted by Gasteiger charge is -2.11. The molecule has 1 N–H and O–H groups in total. The van der Waals surface area contributed by atoms with Crippen molar-refractivity contribution in [3.05, 3.63) is 43.9 Å². The summed E-state index contributed by atoms with van der Waals surface area (Å²) in [6.45, 7) is 9.32. The van der Waals surface area contributed by atoms with Gasteiger partial charge < -0.3 is 4.57 Å². The second-order valence-corrected chi connectivity index (χ2v) is 7.95. The monoisotopic (exact) mass is 406 g/mol. The number of rotatable bonds is 7. The van der Waals surface area contributed by atoms with E-state index in [9.17, 15) is 14.4 Å². The highest BCUT2D eigenvalue weighted by molar-refractivity contribution is 7.99. The van der Waals surface area contributed by atoms with Crippen molar-refractivity contribution in [2.24, 2.45) is 25.1 Å². The number of hydrogen-bond donors (Lipinski definition) is 1. The molecule has 2 aromatic rings. The number of hydrazone groups is 1. The standard InChI is InChI=1S/C18H26N6O3S/c1-11(2)9-24-12(3)7-14(13(24)4)8-19-20-15(25)10-28-16-17(26)22(5)18(27)23(6)21-16/h7-8,11H,9-10H2,1-6H3,(H,20,25)/b19-8-. The lowest BCUT2D eigenvalue weighted by molar-refractivity contribution is -0.118. The fraction of sp³-hybridized carbons (Fsp3) is 0.500. The van der Waals surface area contributed by atoms with Gasteiger partial charge in [-0.2, -0.15) is 10.2 Å². The Morgan fingerprint density at radius 2 is 2.00 bits per heavy atom. The predicted octanol–water partition coefficient (Wildman–Crippen LogP) is 0.796. The largest absolute Gasteiger partial charge is 0.348 e. The average Bonchev–Trinajstić information content (AvgIpc) is 2.89. The van der Waals surface area contributed by atoms with Gasteiger partial charge in [0.2, 0.25) is 5.91 Å². The Hall–Kier alpha value is -2.62. The van der Waals surface area contributed by atoms with E-state index in [0.29, 0.717) is 5.92 Å². The summed E-state index contributed by atoms with van der Waals surface area (Å²) in [6, 6.07) is 2.03. The minimum absolute atomic E-state index is 0.0375. The first-order chi connectivity index (χ1) is 13.1. The van der Waals surface area contributed by atoms with Crippen LogP contribution in [0.25, 0.3) is 0 Å². The van der Waals surface area contributed by atoms with Crippen LogP contribution in [0.4, 0.5) is 0 Å². The highest BCUT2D eigenvalue weighted by Crippen LogP contribution is 2.15. The van der Waals surface area contributed by atoms with Gasteiger partial charge >= 0.3 is 5.69 Å². The molecule has 0 aliphatic rings. The summed E-state index contributed by atoms with van der Waals surface area (Å²) in [5, 5.41) is 7.99. The molecule has 0 atom stereocenters. The van der Waals surface area contributed by atoms with Gasteiger partial charge in [0, 0.05) is 37.6 Å². The van der Waals surface area contributed by atoms with Gasteiger partial charge in [-0.3, -0.25) is 14.2 Å². The zero-order valence-electron chi connectivity index (χ0n) is 17.0. The van der Waals surface area contributed by atoms with Crippen LogP contribution in [0.1, 0.15) is 30.8 Å². The molecule has 9 nitrogen and oxygen atoms in total. The molecule has 0 aliphatic heterocycles. The SMILES string of the molecule is Cc1cc(/C=N\NC(=O)CSc2nn(C)c(=O)n(C)c2=O)c(C)n1CC(C)C. The number of aryl methyl sites for hydroxylation is 2. The molecule has 1 amide bonds. The van der Waals surface area contributed by atoms with Crippen LogP contribution in [0.15, 0.2) is 25.8 Å². The number of carbonyl (C=O) groups is 1. The van der Waals surface area contributed by atoms with E-state index < -0.39 is 11.2 Å². The van der Waals surface area contributed by atoms with Gasteiger partial charge in [-0.25, -0.2) is 14.9 Å². The van der Waals surface area contributed by atoms with Crippen LogP contribution in [-0.2, 0) is 25.4 Å². The summed E-state index contributed by atoms with van der Waals surface area (Å²) < 4.78 is 4.25. The maximum atomic E-state index is 12.0. The van der Waals surface area contributed by atoms with Crippen molar-refractivity contribution >= 4 is 23.9 Å². The van der Waals surface area contributed by atoms with Crippen molar-refractivity contribution < 1.29 is 4.79 Å². The van der Waals surface area contributed by atoms with E-state index >= 15 is 0 Å². The fourth-order valence-corrected chi connectivity index (χ4v) is 3.48. The number of amides is 1. The van der Waals surface area contributed by atoms with Crippen LogP contribution in [0, 0.1) is 19.8 Å². The summed E-state index contributed by atoms with van der Waals surface area (Å²) in [7, 11) is 2.82. The van der Waals surface area contributed by atoms with Crippen molar-refractivity contribution in [1.29, 1.82) is 0 Å². The summed E-state index contributed by atoms with van der Waals surface area (Å²) in [6.07, 6.45) is 1.62. The maximum Gasteiger partial charge on any atom is 0.346 e. The van der Waals surface area contributed by atoms with Crippen molar-refractivity contribution in [1.82, 2.24) is 24.3 Å². The zero-order chi connectivity index (χ0) is 21.0. The van der Waals surface area contributed by atoms with Crippen molar-refractivity contribution in [3.8, 4) is 0 Å². The Kier molecular flexibility index (Phi) is 7.00. The Balaban J connectivity index is 1.98. The zero-order valence-corrected chi connectivity index (χ0v) is 17.8. The normalized spacial score (nSPS) is 11.5. The van der Waals surface area contributed by atoms with Crippen LogP contribution in [0.2, 0.25) is 0 Å². The molecule has 0 aliphatic carbocycles. The van der Waals surface area contributed by atoms with Crippen LogP contribution < -0.4 is 16.7 Å². The van der Waals surface area contributed by atoms with Crippen LogP contribution in [0.3, 0.4) is 0 Å². The highest BCUT2D eigenvalue weighted by atomic mass is 32.2. The number of thioether (sulfide) groups is 1. The van der Waals surface area contributed by atoms with Crippen molar-refractivity contribution in [2.45, 2.75) is 39.3 Å². The van der Waals surface area contributed by atoms with Gasteiger partial charge in [-0.05, 0) is 25.8 Å². The molecule has 0 saturated carbocycles. The van der Waals surface area contributed by atoms with E-state index in [2.05, 4.69) is 34.0 Å². The molecule has 0 saturated heterocycles. The fourth-order valence-electron chi connectivity index (χ4n) is 2.70. The number of nitrogens with one attached hydrogen (secondary N) is 1. The van der Waals surface area contributed by atoms with Gasteiger partial charge in [-0.1, -0.05) is 25.6 Å². The first-order valence-corrected chi connectivity index (χ1v) is 9.86. The van der Waals surface area contributed by atoms with Gasteiger partial charge in [0.15, 0.2) is 5.03 Å². The number of aromatic nitrogens is 4. The van der Waals surface area contributed by atoms with Gasteiger partial charge in [0.1, 0.15) is 0 Å². The molecule has 152 valence electrons. The van der Waals surface area contributed by atoms with Crippen molar-refractivity contribution in [2.75, 3.05) is 5.75 Å². The Morgan fingerprint density at radius 3 is 2.64 bits per heavy atom. The topological polar surface area (TPSA) is 103 Å². The van der Waals surface area contributed by atoms with E-state index in [4.69, 9.17) is 0 Å². The van der Waals surface area contributed by atoms with Crippen molar-refractivity contribution in [3.63, 3.8) is 0 Å². The summed E-state index contributed by atoms with van der Waals surface area (Å²) in [5.74, 6) is 0.129. The molecule has 0 radical (unpaired) electrons. The summed E-state index contributed by atoms with van der Waals surface area (Å²) in [4.78, 5) is 35.6. The lowest BCUT2D eigenvalue weighted by atomic mass is 10.2. The molecule has 0 aromatic carbocycles. The number of hydrogen-bond acceptors (Lipinski definition) is 6. The van der Waals surface area contributed by atoms with Gasteiger partial charge in [0.05, 0.1) is 12.0 Å². The van der Waals surface area contributed by atoms with Crippen LogP contribution in [-0.4, -0.2) is 36.8 Å². The van der Waals surface area contributed by atoms with E-state index in [1.54, 1.807) is 6.21 Å². The van der Waals surface area contributed by atoms with E-state index in [-0.39, 0.29) is 16.7 Å². The van der Waals surface area contributed by atoms with Crippen LogP contribution >= 0.6 is 11.8 Å². The molecular weight excluding hydrogens is 380 g/mol. The Labute approximate surface area is 167 Å². The number of nitrogens with zero attached hydrogens (tertiary/aromatic N) is 5. The predicted molar refractivity (Wildman–Crippen MR) is 110 cm³/mol.